The minimum Gasteiger partial charge on any atom is -0.467 e. The minimum absolute atomic E-state index is 0.00376. The molecule has 6 heteroatoms. The number of carbonyl (C=O) groups is 2. The molecule has 0 radical (unpaired) electrons. The van der Waals surface area contributed by atoms with E-state index in [0.29, 0.717) is 10.6 Å². The highest BCUT2D eigenvalue weighted by atomic mass is 35.5. The van der Waals surface area contributed by atoms with Crippen LogP contribution in [-0.2, 0) is 14.3 Å². The van der Waals surface area contributed by atoms with Crippen molar-refractivity contribution >= 4 is 23.5 Å². The molecule has 1 aromatic carbocycles. The van der Waals surface area contributed by atoms with Crippen molar-refractivity contribution in [3.63, 3.8) is 0 Å². The number of hydrogen-bond donors (Lipinski definition) is 2. The fourth-order valence-electron chi connectivity index (χ4n) is 3.49. The van der Waals surface area contributed by atoms with Crippen molar-refractivity contribution in [3.8, 4) is 0 Å². The first kappa shape index (κ1) is 16.3. The number of esters is 1. The lowest BCUT2D eigenvalue weighted by molar-refractivity contribution is -0.145. The summed E-state index contributed by atoms with van der Waals surface area (Å²) in [7, 11) is 1.32. The van der Waals surface area contributed by atoms with Crippen molar-refractivity contribution in [2.24, 2.45) is 11.3 Å². The lowest BCUT2D eigenvalue weighted by Gasteiger charge is -2.24. The van der Waals surface area contributed by atoms with Crippen molar-refractivity contribution < 1.29 is 14.3 Å². The zero-order valence-electron chi connectivity index (χ0n) is 13.1. The van der Waals surface area contributed by atoms with Gasteiger partial charge >= 0.3 is 5.97 Å². The molecule has 3 rings (SSSR count). The molecule has 0 bridgehead atoms. The van der Waals surface area contributed by atoms with Crippen molar-refractivity contribution in [2.75, 3.05) is 20.2 Å². The average molecular weight is 337 g/mol. The van der Waals surface area contributed by atoms with Crippen LogP contribution in [-0.4, -0.2) is 32.1 Å². The summed E-state index contributed by atoms with van der Waals surface area (Å²) in [6, 6.07) is 6.08. The van der Waals surface area contributed by atoms with E-state index in [1.165, 1.54) is 7.11 Å². The van der Waals surface area contributed by atoms with Gasteiger partial charge in [-0.05, 0) is 55.5 Å². The summed E-state index contributed by atoms with van der Waals surface area (Å²) in [5, 5.41) is 6.76. The SMILES string of the molecule is COC(=O)C(NC(=O)C1CC12CCNCC2)c1ccc(Cl)cc1. The number of methoxy groups -OCH3 is 1. The summed E-state index contributed by atoms with van der Waals surface area (Å²) in [5.74, 6) is -0.526. The molecule has 23 heavy (non-hydrogen) atoms. The van der Waals surface area contributed by atoms with Gasteiger partial charge in [-0.3, -0.25) is 4.79 Å². The molecule has 1 aliphatic carbocycles. The van der Waals surface area contributed by atoms with E-state index in [0.717, 1.165) is 32.4 Å². The van der Waals surface area contributed by atoms with E-state index >= 15 is 0 Å². The van der Waals surface area contributed by atoms with E-state index in [1.54, 1.807) is 24.3 Å². The van der Waals surface area contributed by atoms with Gasteiger partial charge in [0, 0.05) is 10.9 Å². The third-order valence-corrected chi connectivity index (χ3v) is 5.28. The predicted octanol–water partition coefficient (Wildman–Crippen LogP) is 2.06. The summed E-state index contributed by atoms with van der Waals surface area (Å²) >= 11 is 5.88. The van der Waals surface area contributed by atoms with Crippen molar-refractivity contribution in [1.29, 1.82) is 0 Å². The first-order chi connectivity index (χ1) is 11.1. The van der Waals surface area contributed by atoms with Crippen LogP contribution in [0.2, 0.25) is 5.02 Å². The van der Waals surface area contributed by atoms with E-state index < -0.39 is 12.0 Å². The molecule has 0 aromatic heterocycles. The van der Waals surface area contributed by atoms with Gasteiger partial charge in [0.05, 0.1) is 7.11 Å². The molecule has 1 saturated heterocycles. The molecule has 2 unspecified atom stereocenters. The maximum atomic E-state index is 12.6. The molecule has 2 N–H and O–H groups in total. The molecule has 1 aliphatic heterocycles. The summed E-state index contributed by atoms with van der Waals surface area (Å²) in [5.41, 5.74) is 0.810. The zero-order valence-corrected chi connectivity index (χ0v) is 13.9. The number of ether oxygens (including phenoxy) is 1. The molecule has 5 nitrogen and oxygen atoms in total. The highest BCUT2D eigenvalue weighted by Crippen LogP contribution is 2.58. The highest BCUT2D eigenvalue weighted by Gasteiger charge is 2.58. The molecular formula is C17H21ClN2O3. The van der Waals surface area contributed by atoms with E-state index in [-0.39, 0.29) is 17.2 Å². The molecule has 1 saturated carbocycles. The number of nitrogens with one attached hydrogen (secondary N) is 2. The summed E-state index contributed by atoms with van der Waals surface area (Å²) < 4.78 is 4.84. The van der Waals surface area contributed by atoms with Gasteiger partial charge in [0.1, 0.15) is 0 Å². The molecule has 2 atom stereocenters. The lowest BCUT2D eigenvalue weighted by atomic mass is 9.91. The quantitative estimate of drug-likeness (QED) is 0.826. The van der Waals surface area contributed by atoms with Crippen LogP contribution in [0.3, 0.4) is 0 Å². The second kappa shape index (κ2) is 6.49. The van der Waals surface area contributed by atoms with Gasteiger partial charge in [-0.15, -0.1) is 0 Å². The van der Waals surface area contributed by atoms with Crippen LogP contribution in [0, 0.1) is 11.3 Å². The van der Waals surface area contributed by atoms with Gasteiger partial charge in [-0.1, -0.05) is 23.7 Å². The summed E-state index contributed by atoms with van der Waals surface area (Å²) in [6.45, 7) is 1.92. The summed E-state index contributed by atoms with van der Waals surface area (Å²) in [6.07, 6.45) is 2.96. The summed E-state index contributed by atoms with van der Waals surface area (Å²) in [4.78, 5) is 24.6. The maximum Gasteiger partial charge on any atom is 0.333 e. The number of piperidine rings is 1. The average Bonchev–Trinajstić information content (AvgIpc) is 3.26. The van der Waals surface area contributed by atoms with Gasteiger partial charge in [-0.25, -0.2) is 4.79 Å². The molecule has 1 amide bonds. The number of benzene rings is 1. The minimum atomic E-state index is -0.788. The topological polar surface area (TPSA) is 67.4 Å². The first-order valence-corrected chi connectivity index (χ1v) is 8.28. The van der Waals surface area contributed by atoms with E-state index in [1.807, 2.05) is 0 Å². The van der Waals surface area contributed by atoms with Crippen LogP contribution in [0.5, 0.6) is 0 Å². The molecule has 1 aromatic rings. The molecule has 124 valence electrons. The fraction of sp³-hybridized carbons (Fsp3) is 0.529. The fourth-order valence-corrected chi connectivity index (χ4v) is 3.62. The van der Waals surface area contributed by atoms with Crippen LogP contribution in [0.25, 0.3) is 0 Å². The van der Waals surface area contributed by atoms with E-state index in [9.17, 15) is 9.59 Å². The van der Waals surface area contributed by atoms with Gasteiger partial charge in [0.25, 0.3) is 0 Å². The standard InChI is InChI=1S/C17H21ClN2O3/c1-23-16(22)14(11-2-4-12(18)5-3-11)20-15(21)13-10-17(13)6-8-19-9-7-17/h2-5,13-14,19H,6-10H2,1H3,(H,20,21). The van der Waals surface area contributed by atoms with Gasteiger partial charge in [0.15, 0.2) is 6.04 Å². The van der Waals surface area contributed by atoms with E-state index in [4.69, 9.17) is 16.3 Å². The van der Waals surface area contributed by atoms with Crippen LogP contribution in [0.1, 0.15) is 30.9 Å². The van der Waals surface area contributed by atoms with Crippen molar-refractivity contribution in [3.05, 3.63) is 34.9 Å². The highest BCUT2D eigenvalue weighted by molar-refractivity contribution is 6.30. The Morgan fingerprint density at radius 3 is 2.57 bits per heavy atom. The molecular weight excluding hydrogens is 316 g/mol. The largest absolute Gasteiger partial charge is 0.467 e. The Labute approximate surface area is 140 Å². The lowest BCUT2D eigenvalue weighted by Crippen LogP contribution is -2.38. The molecule has 1 heterocycles. The molecule has 2 aliphatic rings. The second-order valence-corrected chi connectivity index (χ2v) is 6.82. The second-order valence-electron chi connectivity index (χ2n) is 6.39. The Morgan fingerprint density at radius 1 is 1.30 bits per heavy atom. The normalized spacial score (nSPS) is 23.1. The third kappa shape index (κ3) is 3.35. The zero-order chi connectivity index (χ0) is 16.4. The smallest absolute Gasteiger partial charge is 0.333 e. The number of carbonyl (C=O) groups excluding carboxylic acids is 2. The van der Waals surface area contributed by atoms with Gasteiger partial charge in [-0.2, -0.15) is 0 Å². The van der Waals surface area contributed by atoms with Crippen molar-refractivity contribution in [1.82, 2.24) is 10.6 Å². The van der Waals surface area contributed by atoms with Crippen LogP contribution >= 0.6 is 11.6 Å². The van der Waals surface area contributed by atoms with Crippen molar-refractivity contribution in [2.45, 2.75) is 25.3 Å². The van der Waals surface area contributed by atoms with Crippen LogP contribution < -0.4 is 10.6 Å². The number of amides is 1. The Morgan fingerprint density at radius 2 is 1.96 bits per heavy atom. The Bertz CT molecular complexity index is 596. The Kier molecular flexibility index (Phi) is 4.60. The Hall–Kier alpha value is -1.59. The number of halogens is 1. The Balaban J connectivity index is 1.70. The first-order valence-electron chi connectivity index (χ1n) is 7.90. The number of hydrogen-bond acceptors (Lipinski definition) is 4. The van der Waals surface area contributed by atoms with Gasteiger partial charge < -0.3 is 15.4 Å². The van der Waals surface area contributed by atoms with E-state index in [2.05, 4.69) is 10.6 Å². The van der Waals surface area contributed by atoms with Crippen LogP contribution in [0.15, 0.2) is 24.3 Å². The molecule has 2 fully saturated rings. The maximum absolute atomic E-state index is 12.6. The van der Waals surface area contributed by atoms with Crippen LogP contribution in [0.4, 0.5) is 0 Å². The monoisotopic (exact) mass is 336 g/mol. The third-order valence-electron chi connectivity index (χ3n) is 5.03. The molecule has 1 spiro atoms. The van der Waals surface area contributed by atoms with Gasteiger partial charge in [0.2, 0.25) is 5.91 Å². The predicted molar refractivity (Wildman–Crippen MR) is 87.0 cm³/mol. The number of rotatable bonds is 4.